The molecule has 1 amide bonds. The van der Waals surface area contributed by atoms with E-state index in [9.17, 15) is 14.0 Å². The van der Waals surface area contributed by atoms with Crippen LogP contribution < -0.4 is 10.5 Å². The Hall–Kier alpha value is -2.83. The number of aromatic carboxylic acids is 1. The van der Waals surface area contributed by atoms with Gasteiger partial charge in [0.25, 0.3) is 5.91 Å². The highest BCUT2D eigenvalue weighted by molar-refractivity contribution is 5.93. The van der Waals surface area contributed by atoms with Crippen molar-refractivity contribution in [1.82, 2.24) is 0 Å². The second-order valence-electron chi connectivity index (χ2n) is 3.87. The molecule has 104 valence electrons. The third-order valence-corrected chi connectivity index (χ3v) is 2.46. The number of halogens is 1. The Balaban J connectivity index is 2.05. The summed E-state index contributed by atoms with van der Waals surface area (Å²) in [6.07, 6.45) is 0. The SMILES string of the molecule is NC(=O)c1ccc(OCc2ccc(C(=O)O)o2)cc1F. The maximum Gasteiger partial charge on any atom is 0.371 e. The lowest BCUT2D eigenvalue weighted by atomic mass is 10.2. The molecule has 0 saturated carbocycles. The zero-order valence-electron chi connectivity index (χ0n) is 10.1. The largest absolute Gasteiger partial charge is 0.486 e. The molecule has 0 spiro atoms. The van der Waals surface area contributed by atoms with E-state index in [0.717, 1.165) is 6.07 Å². The van der Waals surface area contributed by atoms with E-state index in [1.807, 2.05) is 0 Å². The first-order valence-electron chi connectivity index (χ1n) is 5.51. The summed E-state index contributed by atoms with van der Waals surface area (Å²) < 4.78 is 23.6. The topological polar surface area (TPSA) is 103 Å². The number of rotatable bonds is 5. The second kappa shape index (κ2) is 5.43. The van der Waals surface area contributed by atoms with Gasteiger partial charge in [0.1, 0.15) is 23.9 Å². The smallest absolute Gasteiger partial charge is 0.371 e. The number of carboxylic acids is 1. The second-order valence-corrected chi connectivity index (χ2v) is 3.87. The van der Waals surface area contributed by atoms with Gasteiger partial charge in [-0.05, 0) is 24.3 Å². The molecular weight excluding hydrogens is 269 g/mol. The number of carboxylic acid groups (broad SMARTS) is 1. The number of primary amides is 1. The Morgan fingerprint density at radius 1 is 1.30 bits per heavy atom. The number of ether oxygens (including phenoxy) is 1. The van der Waals surface area contributed by atoms with Crippen molar-refractivity contribution >= 4 is 11.9 Å². The lowest BCUT2D eigenvalue weighted by molar-refractivity contribution is 0.0658. The maximum absolute atomic E-state index is 13.5. The molecule has 1 aromatic carbocycles. The highest BCUT2D eigenvalue weighted by Gasteiger charge is 2.11. The number of hydrogen-bond acceptors (Lipinski definition) is 4. The van der Waals surface area contributed by atoms with Crippen LogP contribution in [0.2, 0.25) is 0 Å². The van der Waals surface area contributed by atoms with Crippen LogP contribution in [0.3, 0.4) is 0 Å². The third-order valence-electron chi connectivity index (χ3n) is 2.46. The predicted molar refractivity (Wildman–Crippen MR) is 64.9 cm³/mol. The van der Waals surface area contributed by atoms with Crippen LogP contribution in [0.1, 0.15) is 26.7 Å². The van der Waals surface area contributed by atoms with E-state index in [1.165, 1.54) is 24.3 Å². The highest BCUT2D eigenvalue weighted by Crippen LogP contribution is 2.18. The molecule has 6 nitrogen and oxygen atoms in total. The van der Waals surface area contributed by atoms with Gasteiger partial charge in [0, 0.05) is 6.07 Å². The summed E-state index contributed by atoms with van der Waals surface area (Å²) in [6.45, 7) is -0.0668. The third kappa shape index (κ3) is 2.94. The molecule has 0 unspecified atom stereocenters. The van der Waals surface area contributed by atoms with Gasteiger partial charge in [0.05, 0.1) is 5.56 Å². The number of benzene rings is 1. The van der Waals surface area contributed by atoms with Crippen molar-refractivity contribution in [1.29, 1.82) is 0 Å². The van der Waals surface area contributed by atoms with E-state index in [4.69, 9.17) is 20.0 Å². The molecule has 0 aliphatic rings. The molecule has 1 heterocycles. The van der Waals surface area contributed by atoms with Crippen LogP contribution >= 0.6 is 0 Å². The molecule has 0 atom stereocenters. The maximum atomic E-state index is 13.5. The zero-order chi connectivity index (χ0) is 14.7. The average molecular weight is 279 g/mol. The summed E-state index contributed by atoms with van der Waals surface area (Å²) in [5, 5.41) is 8.67. The molecule has 0 aliphatic carbocycles. The van der Waals surface area contributed by atoms with Crippen molar-refractivity contribution in [3.8, 4) is 5.75 Å². The van der Waals surface area contributed by atoms with Crippen LogP contribution in [0, 0.1) is 5.82 Å². The molecular formula is C13H10FNO5. The van der Waals surface area contributed by atoms with E-state index in [0.29, 0.717) is 0 Å². The van der Waals surface area contributed by atoms with E-state index in [2.05, 4.69) is 0 Å². The molecule has 20 heavy (non-hydrogen) atoms. The van der Waals surface area contributed by atoms with Crippen LogP contribution in [-0.4, -0.2) is 17.0 Å². The van der Waals surface area contributed by atoms with Crippen molar-refractivity contribution in [2.24, 2.45) is 5.73 Å². The fourth-order valence-electron chi connectivity index (χ4n) is 1.51. The Morgan fingerprint density at radius 3 is 2.60 bits per heavy atom. The van der Waals surface area contributed by atoms with Gasteiger partial charge in [-0.2, -0.15) is 0 Å². The van der Waals surface area contributed by atoms with E-state index in [1.54, 1.807) is 0 Å². The molecule has 3 N–H and O–H groups in total. The number of furan rings is 1. The molecule has 7 heteroatoms. The first-order valence-corrected chi connectivity index (χ1v) is 5.51. The van der Waals surface area contributed by atoms with Gasteiger partial charge in [0.2, 0.25) is 5.76 Å². The summed E-state index contributed by atoms with van der Waals surface area (Å²) in [7, 11) is 0. The normalized spacial score (nSPS) is 10.2. The zero-order valence-corrected chi connectivity index (χ0v) is 10.1. The Labute approximate surface area is 112 Å². The number of nitrogens with two attached hydrogens (primary N) is 1. The van der Waals surface area contributed by atoms with Crippen LogP contribution in [0.25, 0.3) is 0 Å². The minimum Gasteiger partial charge on any atom is -0.486 e. The lowest BCUT2D eigenvalue weighted by Gasteiger charge is -2.05. The summed E-state index contributed by atoms with van der Waals surface area (Å²) in [5.74, 6) is -2.61. The van der Waals surface area contributed by atoms with Crippen LogP contribution in [-0.2, 0) is 6.61 Å². The van der Waals surface area contributed by atoms with Gasteiger partial charge in [-0.25, -0.2) is 9.18 Å². The quantitative estimate of drug-likeness (QED) is 0.868. The van der Waals surface area contributed by atoms with Gasteiger partial charge in [0.15, 0.2) is 0 Å². The predicted octanol–water partition coefficient (Wildman–Crippen LogP) is 1.79. The lowest BCUT2D eigenvalue weighted by Crippen LogP contribution is -2.13. The van der Waals surface area contributed by atoms with Gasteiger partial charge in [-0.1, -0.05) is 0 Å². The summed E-state index contributed by atoms with van der Waals surface area (Å²) >= 11 is 0. The van der Waals surface area contributed by atoms with Crippen molar-refractivity contribution in [2.45, 2.75) is 6.61 Å². The fraction of sp³-hybridized carbons (Fsp3) is 0.0769. The highest BCUT2D eigenvalue weighted by atomic mass is 19.1. The molecule has 0 saturated heterocycles. The van der Waals surface area contributed by atoms with Crippen molar-refractivity contribution in [3.63, 3.8) is 0 Å². The van der Waals surface area contributed by atoms with Crippen molar-refractivity contribution < 1.29 is 28.2 Å². The summed E-state index contributed by atoms with van der Waals surface area (Å²) in [4.78, 5) is 21.5. The molecule has 0 aliphatic heterocycles. The van der Waals surface area contributed by atoms with Crippen LogP contribution in [0.5, 0.6) is 5.75 Å². The molecule has 0 fully saturated rings. The summed E-state index contributed by atoms with van der Waals surface area (Å²) in [5.41, 5.74) is 4.74. The van der Waals surface area contributed by atoms with Gasteiger partial charge >= 0.3 is 5.97 Å². The summed E-state index contributed by atoms with van der Waals surface area (Å²) in [6, 6.07) is 6.33. The first-order chi connectivity index (χ1) is 9.47. The number of carbonyl (C=O) groups excluding carboxylic acids is 1. The fourth-order valence-corrected chi connectivity index (χ4v) is 1.51. The Bertz CT molecular complexity index is 665. The van der Waals surface area contributed by atoms with Crippen molar-refractivity contribution in [2.75, 3.05) is 0 Å². The van der Waals surface area contributed by atoms with Gasteiger partial charge in [-0.3, -0.25) is 4.79 Å². The molecule has 0 radical (unpaired) electrons. The van der Waals surface area contributed by atoms with Crippen LogP contribution in [0.15, 0.2) is 34.7 Å². The minimum absolute atomic E-state index is 0.0668. The number of carbonyl (C=O) groups is 2. The van der Waals surface area contributed by atoms with E-state index < -0.39 is 17.7 Å². The average Bonchev–Trinajstić information content (AvgIpc) is 2.85. The Morgan fingerprint density at radius 2 is 2.05 bits per heavy atom. The first kappa shape index (κ1) is 13.6. The Kier molecular flexibility index (Phi) is 3.69. The van der Waals surface area contributed by atoms with Crippen molar-refractivity contribution in [3.05, 3.63) is 53.2 Å². The standard InChI is InChI=1S/C13H10FNO5/c14-10-5-7(1-3-9(10)12(15)16)19-6-8-2-4-11(20-8)13(17)18/h1-5H,6H2,(H2,15,16)(H,17,18). The molecule has 0 bridgehead atoms. The number of hydrogen-bond donors (Lipinski definition) is 2. The number of amides is 1. The van der Waals surface area contributed by atoms with Gasteiger partial charge < -0.3 is 20.0 Å². The van der Waals surface area contributed by atoms with E-state index >= 15 is 0 Å². The molecule has 1 aromatic heterocycles. The molecule has 2 rings (SSSR count). The van der Waals surface area contributed by atoms with E-state index in [-0.39, 0.29) is 29.4 Å². The monoisotopic (exact) mass is 279 g/mol. The van der Waals surface area contributed by atoms with Gasteiger partial charge in [-0.15, -0.1) is 0 Å². The van der Waals surface area contributed by atoms with Crippen LogP contribution in [0.4, 0.5) is 4.39 Å². The molecule has 2 aromatic rings. The minimum atomic E-state index is -1.19.